The van der Waals surface area contributed by atoms with Crippen LogP contribution in [0.1, 0.15) is 19.3 Å². The number of allylic oxidation sites excluding steroid dienone is 1. The van der Waals surface area contributed by atoms with Gasteiger partial charge in [-0.25, -0.2) is 4.79 Å². The van der Waals surface area contributed by atoms with E-state index < -0.39 is 6.16 Å². The molecule has 1 aliphatic rings. The molecule has 3 nitrogen and oxygen atoms in total. The molecular formula is C7H12O3. The summed E-state index contributed by atoms with van der Waals surface area (Å²) in [7, 11) is 0. The van der Waals surface area contributed by atoms with Gasteiger partial charge in [0.25, 0.3) is 0 Å². The topological polar surface area (TPSA) is 57.5 Å². The molecule has 0 aromatic carbocycles. The van der Waals surface area contributed by atoms with Crippen LogP contribution in [0.3, 0.4) is 0 Å². The van der Waals surface area contributed by atoms with Crippen molar-refractivity contribution >= 4 is 6.16 Å². The van der Waals surface area contributed by atoms with Crippen molar-refractivity contribution < 1.29 is 15.0 Å². The van der Waals surface area contributed by atoms with Crippen LogP contribution in [0.5, 0.6) is 0 Å². The fraction of sp³-hybridized carbons (Fsp3) is 0.571. The second kappa shape index (κ2) is 4.85. The lowest BCUT2D eigenvalue weighted by molar-refractivity contribution is 0.137. The summed E-state index contributed by atoms with van der Waals surface area (Å²) in [6.07, 6.45) is 4.33. The lowest BCUT2D eigenvalue weighted by atomic mass is 10.3. The molecule has 1 saturated carbocycles. The zero-order valence-electron chi connectivity index (χ0n) is 5.79. The second-order valence-corrected chi connectivity index (χ2v) is 2.25. The minimum atomic E-state index is -1.83. The van der Waals surface area contributed by atoms with Gasteiger partial charge in [0, 0.05) is 0 Å². The van der Waals surface area contributed by atoms with Gasteiger partial charge in [0.1, 0.15) is 0 Å². The normalized spacial score (nSPS) is 14.8. The molecule has 0 aliphatic heterocycles. The van der Waals surface area contributed by atoms with Crippen LogP contribution in [0.25, 0.3) is 0 Å². The molecule has 0 amide bonds. The summed E-state index contributed by atoms with van der Waals surface area (Å²) in [6, 6.07) is 0. The predicted octanol–water partition coefficient (Wildman–Crippen LogP) is 2.19. The number of carbonyl (C=O) groups is 1. The largest absolute Gasteiger partial charge is 0.503 e. The lowest BCUT2D eigenvalue weighted by Gasteiger charge is -1.77. The first kappa shape index (κ1) is 9.01. The molecule has 0 bridgehead atoms. The van der Waals surface area contributed by atoms with Crippen molar-refractivity contribution in [3.63, 3.8) is 0 Å². The van der Waals surface area contributed by atoms with E-state index in [1.165, 1.54) is 19.3 Å². The maximum Gasteiger partial charge on any atom is 0.503 e. The monoisotopic (exact) mass is 144 g/mol. The first-order valence-corrected chi connectivity index (χ1v) is 3.19. The van der Waals surface area contributed by atoms with Crippen LogP contribution < -0.4 is 0 Å². The van der Waals surface area contributed by atoms with Crippen LogP contribution in [0, 0.1) is 5.92 Å². The maximum atomic E-state index is 8.56. The van der Waals surface area contributed by atoms with E-state index in [1.807, 2.05) is 6.08 Å². The molecule has 1 rings (SSSR count). The molecule has 10 heavy (non-hydrogen) atoms. The van der Waals surface area contributed by atoms with Crippen molar-refractivity contribution in [2.24, 2.45) is 5.92 Å². The van der Waals surface area contributed by atoms with Gasteiger partial charge in [0.05, 0.1) is 0 Å². The van der Waals surface area contributed by atoms with Crippen LogP contribution in [0.15, 0.2) is 12.7 Å². The predicted molar refractivity (Wildman–Crippen MR) is 38.2 cm³/mol. The number of hydrogen-bond acceptors (Lipinski definition) is 1. The van der Waals surface area contributed by atoms with E-state index >= 15 is 0 Å². The molecule has 58 valence electrons. The Hall–Kier alpha value is -0.990. The Morgan fingerprint density at radius 3 is 2.10 bits per heavy atom. The summed E-state index contributed by atoms with van der Waals surface area (Å²) < 4.78 is 0. The Kier molecular flexibility index (Phi) is 4.37. The molecule has 0 saturated heterocycles. The summed E-state index contributed by atoms with van der Waals surface area (Å²) in [4.78, 5) is 8.56. The van der Waals surface area contributed by atoms with Gasteiger partial charge >= 0.3 is 6.16 Å². The van der Waals surface area contributed by atoms with Crippen molar-refractivity contribution in [2.75, 3.05) is 0 Å². The minimum Gasteiger partial charge on any atom is -0.450 e. The Balaban J connectivity index is 0.000000180. The molecule has 0 aromatic heterocycles. The van der Waals surface area contributed by atoms with E-state index in [4.69, 9.17) is 15.0 Å². The highest BCUT2D eigenvalue weighted by atomic mass is 16.6. The van der Waals surface area contributed by atoms with Crippen molar-refractivity contribution in [3.05, 3.63) is 12.7 Å². The third-order valence-corrected chi connectivity index (χ3v) is 1.20. The molecule has 1 fully saturated rings. The standard InChI is InChI=1S/C6H10.CH2O3/c1-2-3-6-4-5-6;2-1(3)4/h2,6H,1,3-5H2;(H2,2,3,4). The molecule has 0 aromatic rings. The van der Waals surface area contributed by atoms with Crippen LogP contribution in [-0.2, 0) is 0 Å². The average Bonchev–Trinajstić information content (AvgIpc) is 2.48. The molecule has 0 spiro atoms. The smallest absolute Gasteiger partial charge is 0.450 e. The van der Waals surface area contributed by atoms with Gasteiger partial charge in [-0.3, -0.25) is 0 Å². The molecular weight excluding hydrogens is 132 g/mol. The Morgan fingerprint density at radius 1 is 1.60 bits per heavy atom. The molecule has 0 unspecified atom stereocenters. The summed E-state index contributed by atoms with van der Waals surface area (Å²) in [5.41, 5.74) is 0. The number of carboxylic acid groups (broad SMARTS) is 2. The minimum absolute atomic E-state index is 1.03. The van der Waals surface area contributed by atoms with E-state index in [0.29, 0.717) is 0 Å². The van der Waals surface area contributed by atoms with Gasteiger partial charge in [0.15, 0.2) is 0 Å². The van der Waals surface area contributed by atoms with Gasteiger partial charge in [-0.05, 0) is 25.2 Å². The zero-order chi connectivity index (χ0) is 7.98. The summed E-state index contributed by atoms with van der Waals surface area (Å²) >= 11 is 0. The Labute approximate surface area is 60.0 Å². The third kappa shape index (κ3) is 10.1. The van der Waals surface area contributed by atoms with Crippen LogP contribution in [-0.4, -0.2) is 16.4 Å². The van der Waals surface area contributed by atoms with Crippen molar-refractivity contribution in [1.82, 2.24) is 0 Å². The highest BCUT2D eigenvalue weighted by molar-refractivity contribution is 5.53. The number of rotatable bonds is 2. The lowest BCUT2D eigenvalue weighted by Crippen LogP contribution is -1.81. The summed E-state index contributed by atoms with van der Waals surface area (Å²) in [5.74, 6) is 1.03. The highest BCUT2D eigenvalue weighted by Crippen LogP contribution is 2.32. The van der Waals surface area contributed by atoms with Crippen LogP contribution in [0.2, 0.25) is 0 Å². The SMILES string of the molecule is C=CCC1CC1.O=C(O)O. The first-order valence-electron chi connectivity index (χ1n) is 3.19. The van der Waals surface area contributed by atoms with E-state index in [-0.39, 0.29) is 0 Å². The van der Waals surface area contributed by atoms with Gasteiger partial charge in [-0.1, -0.05) is 6.08 Å². The van der Waals surface area contributed by atoms with E-state index in [0.717, 1.165) is 5.92 Å². The van der Waals surface area contributed by atoms with Crippen molar-refractivity contribution in [1.29, 1.82) is 0 Å². The van der Waals surface area contributed by atoms with Gasteiger partial charge in [-0.15, -0.1) is 6.58 Å². The van der Waals surface area contributed by atoms with Gasteiger partial charge < -0.3 is 10.2 Å². The summed E-state index contributed by atoms with van der Waals surface area (Å²) in [6.45, 7) is 3.64. The maximum absolute atomic E-state index is 8.56. The van der Waals surface area contributed by atoms with Crippen molar-refractivity contribution in [2.45, 2.75) is 19.3 Å². The molecule has 0 radical (unpaired) electrons. The Bertz CT molecular complexity index is 112. The van der Waals surface area contributed by atoms with Gasteiger partial charge in [-0.2, -0.15) is 0 Å². The van der Waals surface area contributed by atoms with E-state index in [9.17, 15) is 0 Å². The Morgan fingerprint density at radius 2 is 2.00 bits per heavy atom. The zero-order valence-corrected chi connectivity index (χ0v) is 5.79. The molecule has 3 heteroatoms. The van der Waals surface area contributed by atoms with E-state index in [2.05, 4.69) is 6.58 Å². The van der Waals surface area contributed by atoms with Crippen molar-refractivity contribution in [3.8, 4) is 0 Å². The second-order valence-electron chi connectivity index (χ2n) is 2.25. The first-order chi connectivity index (χ1) is 4.66. The highest BCUT2D eigenvalue weighted by Gasteiger charge is 2.18. The number of hydrogen-bond donors (Lipinski definition) is 2. The molecule has 0 heterocycles. The fourth-order valence-electron chi connectivity index (χ4n) is 0.589. The molecule has 0 atom stereocenters. The molecule has 1 aliphatic carbocycles. The third-order valence-electron chi connectivity index (χ3n) is 1.20. The molecule has 2 N–H and O–H groups in total. The van der Waals surface area contributed by atoms with Crippen LogP contribution >= 0.6 is 0 Å². The average molecular weight is 144 g/mol. The van der Waals surface area contributed by atoms with E-state index in [1.54, 1.807) is 0 Å². The van der Waals surface area contributed by atoms with Gasteiger partial charge in [0.2, 0.25) is 0 Å². The quantitative estimate of drug-likeness (QED) is 0.584. The summed E-state index contributed by atoms with van der Waals surface area (Å²) in [5, 5.41) is 13.9. The fourth-order valence-corrected chi connectivity index (χ4v) is 0.589. The van der Waals surface area contributed by atoms with Crippen LogP contribution in [0.4, 0.5) is 4.79 Å².